The average Bonchev–Trinajstić information content (AvgIpc) is 2.78. The Morgan fingerprint density at radius 1 is 0.935 bits per heavy atom. The van der Waals surface area contributed by atoms with E-state index in [2.05, 4.69) is 5.32 Å². The molecule has 0 atom stereocenters. The molecule has 0 aliphatic heterocycles. The van der Waals surface area contributed by atoms with Crippen LogP contribution in [0.15, 0.2) is 72.8 Å². The predicted molar refractivity (Wildman–Crippen MR) is 112 cm³/mol. The van der Waals surface area contributed by atoms with E-state index in [9.17, 15) is 19.7 Å². The fraction of sp³-hybridized carbons (Fsp3) is 0.0909. The van der Waals surface area contributed by atoms with Crippen LogP contribution in [0.2, 0.25) is 0 Å². The van der Waals surface area contributed by atoms with Gasteiger partial charge >= 0.3 is 5.97 Å². The summed E-state index contributed by atoms with van der Waals surface area (Å²) in [4.78, 5) is 34.9. The van der Waals surface area contributed by atoms with Crippen LogP contribution in [0.5, 0.6) is 17.2 Å². The van der Waals surface area contributed by atoms with Gasteiger partial charge in [0.05, 0.1) is 23.7 Å². The third-order valence-corrected chi connectivity index (χ3v) is 4.06. The van der Waals surface area contributed by atoms with Gasteiger partial charge < -0.3 is 19.5 Å². The van der Waals surface area contributed by atoms with Crippen LogP contribution in [0, 0.1) is 10.1 Å². The Balaban J connectivity index is 1.60. The van der Waals surface area contributed by atoms with Gasteiger partial charge in [-0.05, 0) is 42.5 Å². The molecule has 0 unspecified atom stereocenters. The highest BCUT2D eigenvalue weighted by Gasteiger charge is 2.18. The van der Waals surface area contributed by atoms with Gasteiger partial charge in [-0.3, -0.25) is 14.9 Å². The van der Waals surface area contributed by atoms with Crippen molar-refractivity contribution in [2.45, 2.75) is 0 Å². The SMILES string of the molecule is COc1ccc(NC(=O)COC(=O)c2cccc(Oc3ccccc3)c2)c([N+](=O)[O-])c1. The molecule has 9 nitrogen and oxygen atoms in total. The van der Waals surface area contributed by atoms with Crippen molar-refractivity contribution in [3.8, 4) is 17.2 Å². The minimum atomic E-state index is -0.738. The molecule has 0 fully saturated rings. The van der Waals surface area contributed by atoms with Crippen molar-refractivity contribution in [1.82, 2.24) is 0 Å². The summed E-state index contributed by atoms with van der Waals surface area (Å²) in [6, 6.07) is 19.3. The van der Waals surface area contributed by atoms with E-state index in [0.717, 1.165) is 0 Å². The fourth-order valence-electron chi connectivity index (χ4n) is 2.61. The number of para-hydroxylation sites is 1. The van der Waals surface area contributed by atoms with E-state index >= 15 is 0 Å². The molecule has 0 radical (unpaired) electrons. The molecule has 31 heavy (non-hydrogen) atoms. The van der Waals surface area contributed by atoms with E-state index in [1.807, 2.05) is 18.2 Å². The van der Waals surface area contributed by atoms with Crippen LogP contribution in [-0.4, -0.2) is 30.5 Å². The van der Waals surface area contributed by atoms with Crippen LogP contribution in [0.25, 0.3) is 0 Å². The maximum atomic E-state index is 12.3. The zero-order chi connectivity index (χ0) is 22.2. The topological polar surface area (TPSA) is 117 Å². The van der Waals surface area contributed by atoms with Gasteiger partial charge in [0.2, 0.25) is 0 Å². The van der Waals surface area contributed by atoms with Crippen LogP contribution in [0.3, 0.4) is 0 Å². The first kappa shape index (κ1) is 21.3. The number of nitro groups is 1. The van der Waals surface area contributed by atoms with Crippen molar-refractivity contribution in [3.63, 3.8) is 0 Å². The van der Waals surface area contributed by atoms with Gasteiger partial charge in [-0.15, -0.1) is 0 Å². The number of esters is 1. The smallest absolute Gasteiger partial charge is 0.338 e. The Morgan fingerprint density at radius 3 is 2.39 bits per heavy atom. The third kappa shape index (κ3) is 5.80. The highest BCUT2D eigenvalue weighted by molar-refractivity contribution is 5.97. The van der Waals surface area contributed by atoms with Gasteiger partial charge in [-0.1, -0.05) is 24.3 Å². The summed E-state index contributed by atoms with van der Waals surface area (Å²) in [5, 5.41) is 13.5. The van der Waals surface area contributed by atoms with Crippen LogP contribution in [-0.2, 0) is 9.53 Å². The molecule has 0 heterocycles. The number of methoxy groups -OCH3 is 1. The van der Waals surface area contributed by atoms with Gasteiger partial charge in [-0.25, -0.2) is 4.79 Å². The van der Waals surface area contributed by atoms with E-state index in [4.69, 9.17) is 14.2 Å². The zero-order valence-electron chi connectivity index (χ0n) is 16.4. The Morgan fingerprint density at radius 2 is 1.68 bits per heavy atom. The number of carbonyl (C=O) groups excluding carboxylic acids is 2. The van der Waals surface area contributed by atoms with Crippen LogP contribution in [0.4, 0.5) is 11.4 Å². The molecular formula is C22H18N2O7. The fourth-order valence-corrected chi connectivity index (χ4v) is 2.61. The summed E-state index contributed by atoms with van der Waals surface area (Å²) < 4.78 is 15.6. The second-order valence-electron chi connectivity index (χ2n) is 6.21. The molecule has 1 amide bonds. The molecule has 1 N–H and O–H groups in total. The Hall–Kier alpha value is -4.40. The van der Waals surface area contributed by atoms with E-state index in [-0.39, 0.29) is 22.7 Å². The first-order chi connectivity index (χ1) is 15.0. The number of carbonyl (C=O) groups is 2. The maximum Gasteiger partial charge on any atom is 0.338 e. The molecule has 0 spiro atoms. The summed E-state index contributed by atoms with van der Waals surface area (Å²) in [6.45, 7) is -0.619. The molecule has 3 aromatic carbocycles. The number of hydrogen-bond acceptors (Lipinski definition) is 7. The average molecular weight is 422 g/mol. The number of benzene rings is 3. The lowest BCUT2D eigenvalue weighted by molar-refractivity contribution is -0.384. The zero-order valence-corrected chi connectivity index (χ0v) is 16.4. The normalized spacial score (nSPS) is 10.1. The monoisotopic (exact) mass is 422 g/mol. The summed E-state index contributed by atoms with van der Waals surface area (Å²) in [6.07, 6.45) is 0. The number of nitrogens with one attached hydrogen (secondary N) is 1. The Bertz CT molecular complexity index is 1100. The van der Waals surface area contributed by atoms with Gasteiger partial charge in [0.15, 0.2) is 6.61 Å². The summed E-state index contributed by atoms with van der Waals surface area (Å²) in [5.74, 6) is -0.155. The van der Waals surface area contributed by atoms with Gasteiger partial charge in [-0.2, -0.15) is 0 Å². The number of anilines is 1. The van der Waals surface area contributed by atoms with E-state index < -0.39 is 23.4 Å². The van der Waals surface area contributed by atoms with E-state index in [1.54, 1.807) is 24.3 Å². The molecular weight excluding hydrogens is 404 g/mol. The Kier molecular flexibility index (Phi) is 6.79. The second kappa shape index (κ2) is 9.88. The van der Waals surface area contributed by atoms with Crippen molar-refractivity contribution in [1.29, 1.82) is 0 Å². The Labute approximate surface area is 177 Å². The molecule has 3 aromatic rings. The van der Waals surface area contributed by atoms with Crippen LogP contribution < -0.4 is 14.8 Å². The highest BCUT2D eigenvalue weighted by atomic mass is 16.6. The van der Waals surface area contributed by atoms with Gasteiger partial charge in [0.25, 0.3) is 11.6 Å². The molecule has 0 saturated carbocycles. The summed E-state index contributed by atoms with van der Waals surface area (Å²) in [5.41, 5.74) is -0.188. The number of hydrogen-bond donors (Lipinski definition) is 1. The van der Waals surface area contributed by atoms with Crippen molar-refractivity contribution >= 4 is 23.3 Å². The standard InChI is InChI=1S/C22H18N2O7/c1-29-17-10-11-19(20(13-17)24(27)28)23-21(25)14-30-22(26)15-6-5-9-18(12-15)31-16-7-3-2-4-8-16/h2-13H,14H2,1H3,(H,23,25). The lowest BCUT2D eigenvalue weighted by Crippen LogP contribution is -2.21. The maximum absolute atomic E-state index is 12.3. The van der Waals surface area contributed by atoms with Crippen molar-refractivity contribution in [3.05, 3.63) is 88.5 Å². The molecule has 0 aromatic heterocycles. The lowest BCUT2D eigenvalue weighted by Gasteiger charge is -2.09. The first-order valence-corrected chi connectivity index (χ1v) is 9.08. The van der Waals surface area contributed by atoms with E-state index in [1.165, 1.54) is 37.4 Å². The van der Waals surface area contributed by atoms with Gasteiger partial charge in [0.1, 0.15) is 22.9 Å². The molecule has 0 bridgehead atoms. The molecule has 0 aliphatic rings. The third-order valence-electron chi connectivity index (χ3n) is 4.06. The van der Waals surface area contributed by atoms with Gasteiger partial charge in [0, 0.05) is 0 Å². The molecule has 9 heteroatoms. The van der Waals surface area contributed by atoms with Crippen molar-refractivity contribution in [2.24, 2.45) is 0 Å². The van der Waals surface area contributed by atoms with Crippen molar-refractivity contribution < 1.29 is 28.7 Å². The largest absolute Gasteiger partial charge is 0.496 e. The minimum Gasteiger partial charge on any atom is -0.496 e. The van der Waals surface area contributed by atoms with Crippen LogP contribution >= 0.6 is 0 Å². The molecule has 3 rings (SSSR count). The van der Waals surface area contributed by atoms with Crippen LogP contribution in [0.1, 0.15) is 10.4 Å². The minimum absolute atomic E-state index is 0.0369. The first-order valence-electron chi connectivity index (χ1n) is 9.08. The number of amides is 1. The molecule has 0 saturated heterocycles. The number of rotatable bonds is 8. The molecule has 0 aliphatic carbocycles. The number of nitro benzene ring substituents is 1. The summed E-state index contributed by atoms with van der Waals surface area (Å²) >= 11 is 0. The summed E-state index contributed by atoms with van der Waals surface area (Å²) in [7, 11) is 1.37. The number of ether oxygens (including phenoxy) is 3. The second-order valence-corrected chi connectivity index (χ2v) is 6.21. The molecule has 158 valence electrons. The van der Waals surface area contributed by atoms with E-state index in [0.29, 0.717) is 11.5 Å². The van der Waals surface area contributed by atoms with Crippen molar-refractivity contribution in [2.75, 3.05) is 19.0 Å². The predicted octanol–water partition coefficient (Wildman–Crippen LogP) is 4.19. The quantitative estimate of drug-likeness (QED) is 0.329. The lowest BCUT2D eigenvalue weighted by atomic mass is 10.2. The number of nitrogens with zero attached hydrogens (tertiary/aromatic N) is 1. The highest BCUT2D eigenvalue weighted by Crippen LogP contribution is 2.29.